The highest BCUT2D eigenvalue weighted by Gasteiger charge is 2.75. The number of aromatic amines is 1. The molecule has 1 spiro atoms. The summed E-state index contributed by atoms with van der Waals surface area (Å²) in [6.45, 7) is -1.15. The Morgan fingerprint density at radius 3 is 2.76 bits per heavy atom. The maximum Gasteiger partial charge on any atom is 0.697 e. The molecule has 2 bridgehead atoms. The van der Waals surface area contributed by atoms with Crippen molar-refractivity contribution in [2.45, 2.75) is 49.3 Å². The summed E-state index contributed by atoms with van der Waals surface area (Å²) < 4.78 is 72.4. The number of ether oxygens (including phenoxy) is 1. The van der Waals surface area contributed by atoms with Gasteiger partial charge in [-0.2, -0.15) is 4.98 Å². The molecule has 0 amide bonds. The van der Waals surface area contributed by atoms with Crippen LogP contribution in [0, 0.1) is 11.3 Å². The van der Waals surface area contributed by atoms with Crippen LogP contribution in [0.5, 0.6) is 0 Å². The second-order valence-corrected chi connectivity index (χ2v) is 13.6. The molecule has 6 heterocycles. The molecule has 4 aromatic rings. The summed E-state index contributed by atoms with van der Waals surface area (Å²) in [5.74, 6) is -0.559. The fraction of sp³-hybridized carbons (Fsp3) is 0.545. The number of phosphoric acid groups is 1. The third-order valence-corrected chi connectivity index (χ3v) is 10.5. The summed E-state index contributed by atoms with van der Waals surface area (Å²) in [7, 11) is -8.03. The van der Waals surface area contributed by atoms with Gasteiger partial charge in [0.2, 0.25) is 5.95 Å². The average Bonchev–Trinajstić information content (AvgIpc) is 3.26. The Kier molecular flexibility index (Phi) is 6.42. The molecule has 0 aromatic carbocycles. The molecular formula is C22H24FN10O10P2+. The Morgan fingerprint density at radius 1 is 1.16 bits per heavy atom. The molecule has 4 aliphatic rings. The normalized spacial score (nSPS) is 39.2. The zero-order valence-electron chi connectivity index (χ0n) is 22.7. The summed E-state index contributed by atoms with van der Waals surface area (Å²) in [6.07, 6.45) is -5.35. The maximum atomic E-state index is 15.8. The summed E-state index contributed by atoms with van der Waals surface area (Å²) in [4.78, 5) is 45.8. The van der Waals surface area contributed by atoms with E-state index in [1.54, 1.807) is 4.57 Å². The number of H-pyrrole nitrogens is 1. The fourth-order valence-electron chi connectivity index (χ4n) is 6.70. The zero-order chi connectivity index (χ0) is 31.4. The van der Waals surface area contributed by atoms with Crippen LogP contribution in [0.2, 0.25) is 0 Å². The van der Waals surface area contributed by atoms with Crippen molar-refractivity contribution < 1.29 is 46.4 Å². The molecule has 45 heavy (non-hydrogen) atoms. The van der Waals surface area contributed by atoms with Crippen molar-refractivity contribution in [1.82, 2.24) is 39.0 Å². The quantitative estimate of drug-likeness (QED) is 0.174. The SMILES string of the molecule is Nc1nc2c(ncn2[C@@H]2O[C@@H]3CO[P+](=O)O[C@H]4[C@@H](O)[C@H](n5cnc6c(N)ncnc65)[C@H]5C[C@]54COP(=O)(O)O[C@@H]2[C@@H]3F)c(=O)[nH]1. The molecule has 4 aromatic heterocycles. The minimum Gasteiger partial charge on any atom is -0.388 e. The van der Waals surface area contributed by atoms with Crippen LogP contribution in [-0.2, 0) is 32.0 Å². The number of nitrogens with two attached hydrogens (primary N) is 2. The zero-order valence-corrected chi connectivity index (χ0v) is 24.5. The highest BCUT2D eigenvalue weighted by molar-refractivity contribution is 7.47. The second kappa shape index (κ2) is 9.99. The molecule has 2 saturated carbocycles. The average molecular weight is 669 g/mol. The highest BCUT2D eigenvalue weighted by atomic mass is 31.2. The number of hydrogen-bond donors (Lipinski definition) is 5. The van der Waals surface area contributed by atoms with Crippen LogP contribution >= 0.6 is 16.1 Å². The van der Waals surface area contributed by atoms with Crippen LogP contribution in [0.15, 0.2) is 23.8 Å². The smallest absolute Gasteiger partial charge is 0.388 e. The molecule has 8 rings (SSSR count). The molecule has 11 atom stereocenters. The molecular weight excluding hydrogens is 645 g/mol. The van der Waals surface area contributed by atoms with Crippen molar-refractivity contribution >= 4 is 50.2 Å². The maximum absolute atomic E-state index is 15.8. The molecule has 238 valence electrons. The largest absolute Gasteiger partial charge is 0.697 e. The number of nitrogen functional groups attached to an aromatic ring is 2. The van der Waals surface area contributed by atoms with Gasteiger partial charge in [-0.1, -0.05) is 0 Å². The first kappa shape index (κ1) is 28.9. The Bertz CT molecular complexity index is 1980. The lowest BCUT2D eigenvalue weighted by atomic mass is 10.0. The van der Waals surface area contributed by atoms with Crippen molar-refractivity contribution in [1.29, 1.82) is 0 Å². The Labute approximate surface area is 250 Å². The number of fused-ring (bicyclic) bond motifs is 4. The molecule has 2 unspecified atom stereocenters. The lowest BCUT2D eigenvalue weighted by Crippen LogP contribution is -2.37. The van der Waals surface area contributed by atoms with E-state index in [1.165, 1.54) is 12.7 Å². The number of rotatable bonds is 2. The van der Waals surface area contributed by atoms with Crippen molar-refractivity contribution in [2.75, 3.05) is 24.7 Å². The molecule has 20 nitrogen and oxygen atoms in total. The number of aliphatic hydroxyl groups is 1. The van der Waals surface area contributed by atoms with E-state index in [-0.39, 0.29) is 22.9 Å². The number of nitrogens with zero attached hydrogens (tertiary/aromatic N) is 7. The number of aliphatic hydroxyl groups excluding tert-OH is 1. The summed E-state index contributed by atoms with van der Waals surface area (Å²) in [5.41, 5.74) is 10.2. The summed E-state index contributed by atoms with van der Waals surface area (Å²) in [5, 5.41) is 11.4. The standard InChI is InChI=1S/C22H23FN10O10P2/c23-9-8-2-39-44(36)42-15-13(34)12(32-5-28-10-16(24)26-4-27-17(10)32)7-1-22(7,15)3-40-45(37,38)43-14(9)20(41-8)33-6-29-11-18(33)30-21(25)31-19(11)35/h4-9,12-15,20,34H,1-3H2,(H5-,24,25,26,27,30,31,35,37,38)/p+1/t7-,8-,9-,12-,13+,14-,15+,20-,22+/m1/s1. The lowest BCUT2D eigenvalue weighted by molar-refractivity contribution is -0.0580. The monoisotopic (exact) mass is 669 g/mol. The van der Waals surface area contributed by atoms with Gasteiger partial charge in [-0.15, -0.1) is 9.05 Å². The minimum absolute atomic E-state index is 0.111. The number of hydrogen-bond acceptors (Lipinski definition) is 16. The molecule has 2 aliphatic heterocycles. The van der Waals surface area contributed by atoms with Gasteiger partial charge in [0, 0.05) is 9.98 Å². The van der Waals surface area contributed by atoms with Gasteiger partial charge in [0.15, 0.2) is 41.1 Å². The van der Waals surface area contributed by atoms with Crippen molar-refractivity contribution in [3.63, 3.8) is 0 Å². The Balaban J connectivity index is 1.12. The number of phosphoric ester groups is 1. The van der Waals surface area contributed by atoms with Crippen LogP contribution in [0.3, 0.4) is 0 Å². The fourth-order valence-corrected chi connectivity index (χ4v) is 8.54. The van der Waals surface area contributed by atoms with Crippen LogP contribution in [0.1, 0.15) is 18.7 Å². The molecule has 4 fully saturated rings. The summed E-state index contributed by atoms with van der Waals surface area (Å²) >= 11 is 0. The van der Waals surface area contributed by atoms with Crippen molar-refractivity contribution in [3.8, 4) is 0 Å². The lowest BCUT2D eigenvalue weighted by Gasteiger charge is -2.26. The first-order chi connectivity index (χ1) is 21.5. The van der Waals surface area contributed by atoms with E-state index in [0.29, 0.717) is 17.6 Å². The number of nitrogens with one attached hydrogen (secondary N) is 1. The third kappa shape index (κ3) is 4.42. The van der Waals surface area contributed by atoms with E-state index in [9.17, 15) is 23.9 Å². The molecule has 7 N–H and O–H groups in total. The van der Waals surface area contributed by atoms with E-state index in [2.05, 4.69) is 29.9 Å². The van der Waals surface area contributed by atoms with Gasteiger partial charge < -0.3 is 30.8 Å². The first-order valence-electron chi connectivity index (χ1n) is 13.5. The number of imidazole rings is 2. The number of halogens is 1. The van der Waals surface area contributed by atoms with E-state index >= 15 is 4.39 Å². The predicted octanol–water partition coefficient (Wildman–Crippen LogP) is -0.144. The third-order valence-electron chi connectivity index (χ3n) is 8.81. The molecule has 0 radical (unpaired) electrons. The minimum atomic E-state index is -5.05. The molecule has 2 saturated heterocycles. The van der Waals surface area contributed by atoms with E-state index in [4.69, 9.17) is 34.3 Å². The van der Waals surface area contributed by atoms with Crippen molar-refractivity contribution in [2.24, 2.45) is 11.3 Å². The van der Waals surface area contributed by atoms with Crippen LogP contribution in [0.4, 0.5) is 16.2 Å². The van der Waals surface area contributed by atoms with E-state index in [1.807, 2.05) is 0 Å². The first-order valence-corrected chi connectivity index (χ1v) is 16.1. The van der Waals surface area contributed by atoms with Gasteiger partial charge in [-0.05, 0) is 12.3 Å². The van der Waals surface area contributed by atoms with E-state index in [0.717, 1.165) is 10.9 Å². The predicted molar refractivity (Wildman–Crippen MR) is 146 cm³/mol. The number of anilines is 2. The number of alkyl halides is 1. The van der Waals surface area contributed by atoms with Crippen LogP contribution in [0.25, 0.3) is 22.3 Å². The molecule has 2 aliphatic carbocycles. The van der Waals surface area contributed by atoms with Crippen LogP contribution < -0.4 is 17.0 Å². The summed E-state index contributed by atoms with van der Waals surface area (Å²) in [6, 6.07) is -0.732. The van der Waals surface area contributed by atoms with Gasteiger partial charge in [-0.3, -0.25) is 23.4 Å². The van der Waals surface area contributed by atoms with Gasteiger partial charge in [0.25, 0.3) is 5.56 Å². The Hall–Kier alpha value is -3.52. The highest BCUT2D eigenvalue weighted by Crippen LogP contribution is 2.71. The Morgan fingerprint density at radius 2 is 1.93 bits per heavy atom. The van der Waals surface area contributed by atoms with Crippen LogP contribution in [-0.4, -0.2) is 92.8 Å². The topological polar surface area (TPSA) is 280 Å². The van der Waals surface area contributed by atoms with Crippen molar-refractivity contribution in [3.05, 3.63) is 29.3 Å². The van der Waals surface area contributed by atoms with E-state index < -0.39 is 89.0 Å². The van der Waals surface area contributed by atoms with Gasteiger partial charge in [-0.25, -0.2) is 28.9 Å². The molecule has 23 heteroatoms. The van der Waals surface area contributed by atoms with Gasteiger partial charge >= 0.3 is 16.1 Å². The second-order valence-electron chi connectivity index (χ2n) is 11.3. The van der Waals surface area contributed by atoms with Gasteiger partial charge in [0.1, 0.15) is 36.8 Å². The van der Waals surface area contributed by atoms with Gasteiger partial charge in [0.05, 0.1) is 25.3 Å². The number of aromatic nitrogens is 8.